The van der Waals surface area contributed by atoms with Gasteiger partial charge in [-0.1, -0.05) is 6.07 Å². The van der Waals surface area contributed by atoms with E-state index in [-0.39, 0.29) is 24.4 Å². The predicted octanol–water partition coefficient (Wildman–Crippen LogP) is 3.37. The molecule has 1 saturated heterocycles. The molecule has 0 unspecified atom stereocenters. The smallest absolute Gasteiger partial charge is 0.405 e. The average Bonchev–Trinajstić information content (AvgIpc) is 2.68. The molecule has 1 aliphatic heterocycles. The van der Waals surface area contributed by atoms with Crippen LogP contribution in [0.5, 0.6) is 5.75 Å². The number of phenols is 1. The molecule has 158 valence electrons. The van der Waals surface area contributed by atoms with Crippen LogP contribution in [0.3, 0.4) is 0 Å². The van der Waals surface area contributed by atoms with Crippen molar-refractivity contribution in [3.8, 4) is 5.75 Å². The Hall–Kier alpha value is -3.10. The summed E-state index contributed by atoms with van der Waals surface area (Å²) in [7, 11) is 0. The van der Waals surface area contributed by atoms with Crippen LogP contribution in [0.4, 0.5) is 4.79 Å². The Kier molecular flexibility index (Phi) is 4.91. The van der Waals surface area contributed by atoms with E-state index in [1.165, 1.54) is 18.2 Å². The van der Waals surface area contributed by atoms with Crippen molar-refractivity contribution in [1.82, 2.24) is 5.32 Å². The van der Waals surface area contributed by atoms with E-state index >= 15 is 0 Å². The summed E-state index contributed by atoms with van der Waals surface area (Å²) in [6.07, 6.45) is -0.178. The quantitative estimate of drug-likeness (QED) is 0.561. The third-order valence-electron chi connectivity index (χ3n) is 5.38. The summed E-state index contributed by atoms with van der Waals surface area (Å²) in [6, 6.07) is 9.70. The number of carboxylic acid groups (broad SMARTS) is 1. The molecule has 3 aromatic rings. The van der Waals surface area contributed by atoms with Gasteiger partial charge in [0.05, 0.1) is 29.5 Å². The van der Waals surface area contributed by atoms with Crippen LogP contribution in [0.15, 0.2) is 45.6 Å². The zero-order valence-corrected chi connectivity index (χ0v) is 16.7. The topological polar surface area (TPSA) is 118 Å². The van der Waals surface area contributed by atoms with Crippen LogP contribution in [0.2, 0.25) is 0 Å². The monoisotopic (exact) mass is 413 g/mol. The number of aryl methyl sites for hydroxylation is 1. The Morgan fingerprint density at radius 2 is 1.70 bits per heavy atom. The third-order valence-corrected chi connectivity index (χ3v) is 5.38. The molecular formula is C22H23NO7. The molecule has 4 rings (SSSR count). The van der Waals surface area contributed by atoms with Crippen molar-refractivity contribution < 1.29 is 28.9 Å². The lowest BCUT2D eigenvalue weighted by Gasteiger charge is -2.43. The molecule has 1 amide bonds. The molecular weight excluding hydrogens is 390 g/mol. The van der Waals surface area contributed by atoms with Crippen molar-refractivity contribution >= 4 is 28.0 Å². The molecule has 0 spiro atoms. The van der Waals surface area contributed by atoms with Crippen LogP contribution < -0.4 is 10.7 Å². The minimum atomic E-state index is -1.14. The summed E-state index contributed by atoms with van der Waals surface area (Å²) in [5, 5.41) is 22.3. The molecule has 1 aliphatic rings. The van der Waals surface area contributed by atoms with E-state index in [0.29, 0.717) is 34.8 Å². The van der Waals surface area contributed by atoms with Crippen molar-refractivity contribution in [2.24, 2.45) is 0 Å². The molecule has 0 saturated carbocycles. The van der Waals surface area contributed by atoms with E-state index < -0.39 is 17.4 Å². The second-order valence-electron chi connectivity index (χ2n) is 8.13. The van der Waals surface area contributed by atoms with Gasteiger partial charge in [-0.3, -0.25) is 4.79 Å². The number of nitrogens with one attached hydrogen (secondary N) is 1. The Morgan fingerprint density at radius 1 is 1.07 bits per heavy atom. The number of hydrogen-bond donors (Lipinski definition) is 3. The van der Waals surface area contributed by atoms with Gasteiger partial charge in [0.1, 0.15) is 16.9 Å². The first kappa shape index (κ1) is 20.2. The highest BCUT2D eigenvalue weighted by Crippen LogP contribution is 2.28. The van der Waals surface area contributed by atoms with Crippen molar-refractivity contribution in [3.63, 3.8) is 0 Å². The normalized spacial score (nSPS) is 17.8. The highest BCUT2D eigenvalue weighted by Gasteiger charge is 2.41. The molecule has 1 aromatic heterocycles. The molecule has 0 radical (unpaired) electrons. The summed E-state index contributed by atoms with van der Waals surface area (Å²) < 4.78 is 17.2. The van der Waals surface area contributed by atoms with E-state index in [4.69, 9.17) is 13.9 Å². The third kappa shape index (κ3) is 3.96. The largest absolute Gasteiger partial charge is 0.508 e. The van der Waals surface area contributed by atoms with Crippen molar-refractivity contribution in [1.29, 1.82) is 0 Å². The lowest BCUT2D eigenvalue weighted by molar-refractivity contribution is -0.271. The van der Waals surface area contributed by atoms with Crippen LogP contribution in [-0.4, -0.2) is 40.8 Å². The predicted molar refractivity (Wildman–Crippen MR) is 110 cm³/mol. The van der Waals surface area contributed by atoms with Gasteiger partial charge in [0.2, 0.25) is 5.43 Å². The second-order valence-corrected chi connectivity index (χ2v) is 8.13. The van der Waals surface area contributed by atoms with Gasteiger partial charge in [-0.15, -0.1) is 0 Å². The van der Waals surface area contributed by atoms with Crippen LogP contribution in [0, 0.1) is 0 Å². The van der Waals surface area contributed by atoms with Crippen LogP contribution in [0.25, 0.3) is 21.9 Å². The summed E-state index contributed by atoms with van der Waals surface area (Å²) in [5.74, 6) is -0.745. The van der Waals surface area contributed by atoms with Gasteiger partial charge in [-0.2, -0.15) is 0 Å². The number of rotatable bonds is 4. The van der Waals surface area contributed by atoms with E-state index in [1.54, 1.807) is 26.0 Å². The maximum absolute atomic E-state index is 12.7. The number of aromatic hydroxyl groups is 1. The highest BCUT2D eigenvalue weighted by molar-refractivity contribution is 5.90. The van der Waals surface area contributed by atoms with E-state index in [2.05, 4.69) is 5.32 Å². The zero-order valence-electron chi connectivity index (χ0n) is 16.7. The van der Waals surface area contributed by atoms with Crippen LogP contribution >= 0.6 is 0 Å². The number of ether oxygens (including phenoxy) is 2. The maximum Gasteiger partial charge on any atom is 0.405 e. The van der Waals surface area contributed by atoms with Gasteiger partial charge in [0, 0.05) is 6.07 Å². The molecule has 8 nitrogen and oxygen atoms in total. The molecule has 0 bridgehead atoms. The second kappa shape index (κ2) is 7.30. The minimum absolute atomic E-state index is 0.0167. The van der Waals surface area contributed by atoms with E-state index in [1.807, 2.05) is 6.07 Å². The fourth-order valence-corrected chi connectivity index (χ4v) is 3.64. The van der Waals surface area contributed by atoms with E-state index in [9.17, 15) is 19.8 Å². The first-order valence-corrected chi connectivity index (χ1v) is 9.64. The Bertz CT molecular complexity index is 1170. The molecule has 30 heavy (non-hydrogen) atoms. The molecule has 0 atom stereocenters. The number of carbonyl (C=O) groups is 1. The number of fused-ring (bicyclic) bond motifs is 2. The number of benzene rings is 2. The summed E-state index contributed by atoms with van der Waals surface area (Å²) >= 11 is 0. The highest BCUT2D eigenvalue weighted by atomic mass is 16.7. The van der Waals surface area contributed by atoms with Gasteiger partial charge in [-0.05, 0) is 56.5 Å². The Morgan fingerprint density at radius 3 is 2.37 bits per heavy atom. The van der Waals surface area contributed by atoms with Gasteiger partial charge >= 0.3 is 6.09 Å². The average molecular weight is 413 g/mol. The SMILES string of the molecule is CC1(C)OCC(CCc2ccc3c(=O)c4ccc(O)cc4oc3c2)(NC(=O)O)CO1. The van der Waals surface area contributed by atoms with Crippen molar-refractivity contribution in [2.45, 2.75) is 38.0 Å². The standard InChI is InChI=1S/C22H23NO7/c1-21(2)28-11-22(12-29-21,23-20(26)27)8-7-13-3-5-15-17(9-13)30-18-10-14(24)4-6-16(18)19(15)25/h3-6,9-10,23-24H,7-8,11-12H2,1-2H3,(H,26,27). The minimum Gasteiger partial charge on any atom is -0.508 e. The lowest BCUT2D eigenvalue weighted by atomic mass is 9.91. The van der Waals surface area contributed by atoms with Gasteiger partial charge in [-0.25, -0.2) is 4.79 Å². The van der Waals surface area contributed by atoms with E-state index in [0.717, 1.165) is 5.56 Å². The zero-order chi connectivity index (χ0) is 21.5. The van der Waals surface area contributed by atoms with Gasteiger partial charge in [0.15, 0.2) is 5.79 Å². The molecule has 1 fully saturated rings. The summed E-state index contributed by atoms with van der Waals surface area (Å²) in [5.41, 5.74) is 0.560. The lowest BCUT2D eigenvalue weighted by Crippen LogP contribution is -2.61. The molecule has 3 N–H and O–H groups in total. The fourth-order valence-electron chi connectivity index (χ4n) is 3.64. The van der Waals surface area contributed by atoms with Crippen LogP contribution in [0.1, 0.15) is 25.8 Å². The number of amides is 1. The number of hydrogen-bond acceptors (Lipinski definition) is 6. The van der Waals surface area contributed by atoms with Crippen molar-refractivity contribution in [2.75, 3.05) is 13.2 Å². The summed E-state index contributed by atoms with van der Waals surface area (Å²) in [4.78, 5) is 24.0. The molecule has 8 heteroatoms. The van der Waals surface area contributed by atoms with Crippen LogP contribution in [-0.2, 0) is 15.9 Å². The Labute approximate surface area is 172 Å². The Balaban J connectivity index is 1.62. The molecule has 2 aromatic carbocycles. The number of phenolic OH excluding ortho intramolecular Hbond substituents is 1. The first-order chi connectivity index (χ1) is 14.2. The maximum atomic E-state index is 12.7. The molecule has 2 heterocycles. The first-order valence-electron chi connectivity index (χ1n) is 9.64. The van der Waals surface area contributed by atoms with Gasteiger partial charge in [0.25, 0.3) is 0 Å². The fraction of sp³-hybridized carbons (Fsp3) is 0.364. The molecule has 0 aliphatic carbocycles. The van der Waals surface area contributed by atoms with Crippen molar-refractivity contribution in [3.05, 3.63) is 52.2 Å². The van der Waals surface area contributed by atoms with Gasteiger partial charge < -0.3 is 29.4 Å². The summed E-state index contributed by atoms with van der Waals surface area (Å²) in [6.45, 7) is 3.95.